The lowest BCUT2D eigenvalue weighted by atomic mass is 10.1. The summed E-state index contributed by atoms with van der Waals surface area (Å²) in [4.78, 5) is 10.2. The van der Waals surface area contributed by atoms with E-state index in [1.165, 1.54) is 5.56 Å². The summed E-state index contributed by atoms with van der Waals surface area (Å²) in [7, 11) is 0. The summed E-state index contributed by atoms with van der Waals surface area (Å²) in [6.07, 6.45) is 0.977. The molecule has 0 saturated heterocycles. The molecular weight excluding hydrogens is 242 g/mol. The highest BCUT2D eigenvalue weighted by Gasteiger charge is 2.07. The van der Waals surface area contributed by atoms with Crippen LogP contribution < -0.4 is 5.73 Å². The lowest BCUT2D eigenvalue weighted by Crippen LogP contribution is -2.00. The van der Waals surface area contributed by atoms with E-state index in [-0.39, 0.29) is 0 Å². The fourth-order valence-corrected chi connectivity index (χ4v) is 2.76. The van der Waals surface area contributed by atoms with Gasteiger partial charge in [-0.05, 0) is 61.9 Å². The first kappa shape index (κ1) is 12.9. The maximum absolute atomic E-state index is 5.67. The van der Waals surface area contributed by atoms with E-state index in [4.69, 9.17) is 5.73 Å². The third kappa shape index (κ3) is 2.82. The maximum Gasteiger partial charge on any atom is 0.192 e. The SMILES string of the molecule is CCc1c(C)nc(Sc2ccc(N)cc2)nc1C. The zero-order valence-electron chi connectivity index (χ0n) is 10.9. The maximum atomic E-state index is 5.67. The molecule has 1 aromatic heterocycles. The van der Waals surface area contributed by atoms with Gasteiger partial charge >= 0.3 is 0 Å². The van der Waals surface area contributed by atoms with Gasteiger partial charge in [-0.1, -0.05) is 6.92 Å². The molecule has 0 bridgehead atoms. The highest BCUT2D eigenvalue weighted by Crippen LogP contribution is 2.26. The van der Waals surface area contributed by atoms with Gasteiger partial charge in [-0.25, -0.2) is 9.97 Å². The third-order valence-corrected chi connectivity index (χ3v) is 3.72. The summed E-state index contributed by atoms with van der Waals surface area (Å²) in [6.45, 7) is 6.21. The lowest BCUT2D eigenvalue weighted by Gasteiger charge is -2.08. The van der Waals surface area contributed by atoms with Crippen LogP contribution in [0.25, 0.3) is 0 Å². The number of nitrogens with two attached hydrogens (primary N) is 1. The van der Waals surface area contributed by atoms with Gasteiger partial charge in [0.15, 0.2) is 5.16 Å². The molecule has 4 heteroatoms. The molecule has 0 saturated carbocycles. The van der Waals surface area contributed by atoms with Crippen LogP contribution in [0.15, 0.2) is 34.3 Å². The van der Waals surface area contributed by atoms with Crippen LogP contribution in [0.2, 0.25) is 0 Å². The molecule has 0 unspecified atom stereocenters. The van der Waals surface area contributed by atoms with Crippen LogP contribution in [0.3, 0.4) is 0 Å². The van der Waals surface area contributed by atoms with Gasteiger partial charge in [0.1, 0.15) is 0 Å². The number of aryl methyl sites for hydroxylation is 2. The summed E-state index contributed by atoms with van der Waals surface area (Å²) in [5.74, 6) is 0. The molecule has 94 valence electrons. The smallest absolute Gasteiger partial charge is 0.192 e. The number of nitrogen functional groups attached to an aromatic ring is 1. The van der Waals surface area contributed by atoms with Crippen LogP contribution in [-0.4, -0.2) is 9.97 Å². The predicted molar refractivity (Wildman–Crippen MR) is 75.9 cm³/mol. The average Bonchev–Trinajstić information content (AvgIpc) is 2.32. The molecule has 3 nitrogen and oxygen atoms in total. The summed E-state index contributed by atoms with van der Waals surface area (Å²) in [5.41, 5.74) is 9.83. The number of aromatic nitrogens is 2. The molecule has 0 amide bonds. The van der Waals surface area contributed by atoms with Crippen molar-refractivity contribution in [2.45, 2.75) is 37.2 Å². The third-order valence-electron chi connectivity index (χ3n) is 2.84. The average molecular weight is 259 g/mol. The van der Waals surface area contributed by atoms with Gasteiger partial charge in [-0.3, -0.25) is 0 Å². The van der Waals surface area contributed by atoms with Crippen molar-refractivity contribution in [2.24, 2.45) is 0 Å². The van der Waals surface area contributed by atoms with Crippen molar-refractivity contribution in [1.29, 1.82) is 0 Å². The molecule has 0 aliphatic carbocycles. The van der Waals surface area contributed by atoms with E-state index in [1.807, 2.05) is 38.1 Å². The summed E-state index contributed by atoms with van der Waals surface area (Å²) < 4.78 is 0. The van der Waals surface area contributed by atoms with Crippen LogP contribution in [0.4, 0.5) is 5.69 Å². The topological polar surface area (TPSA) is 51.8 Å². The predicted octanol–water partition coefficient (Wildman–Crippen LogP) is 3.39. The minimum Gasteiger partial charge on any atom is -0.399 e. The molecule has 2 aromatic rings. The Morgan fingerprint density at radius 2 is 1.61 bits per heavy atom. The van der Waals surface area contributed by atoms with Crippen LogP contribution in [0, 0.1) is 13.8 Å². The second kappa shape index (κ2) is 5.40. The van der Waals surface area contributed by atoms with Gasteiger partial charge in [0.05, 0.1) is 0 Å². The Morgan fingerprint density at radius 3 is 2.11 bits per heavy atom. The Kier molecular flexibility index (Phi) is 3.87. The molecular formula is C14H17N3S. The quantitative estimate of drug-likeness (QED) is 0.678. The fourth-order valence-electron chi connectivity index (χ4n) is 1.91. The van der Waals surface area contributed by atoms with Crippen LogP contribution in [0.1, 0.15) is 23.9 Å². The largest absolute Gasteiger partial charge is 0.399 e. The number of hydrogen-bond donors (Lipinski definition) is 1. The fraction of sp³-hybridized carbons (Fsp3) is 0.286. The second-order valence-corrected chi connectivity index (χ2v) is 5.22. The van der Waals surface area contributed by atoms with Gasteiger partial charge < -0.3 is 5.73 Å². The van der Waals surface area contributed by atoms with Crippen molar-refractivity contribution < 1.29 is 0 Å². The Balaban J connectivity index is 2.27. The first-order chi connectivity index (χ1) is 8.60. The molecule has 2 N–H and O–H groups in total. The van der Waals surface area contributed by atoms with E-state index in [2.05, 4.69) is 16.9 Å². The Labute approximate surface area is 112 Å². The van der Waals surface area contributed by atoms with E-state index < -0.39 is 0 Å². The number of benzene rings is 1. The van der Waals surface area contributed by atoms with Gasteiger partial charge in [-0.2, -0.15) is 0 Å². The molecule has 18 heavy (non-hydrogen) atoms. The first-order valence-electron chi connectivity index (χ1n) is 5.97. The highest BCUT2D eigenvalue weighted by atomic mass is 32.2. The Bertz CT molecular complexity index is 526. The standard InChI is InChI=1S/C14H17N3S/c1-4-13-9(2)16-14(17-10(13)3)18-12-7-5-11(15)6-8-12/h5-8H,4,15H2,1-3H3. The molecule has 0 aliphatic rings. The zero-order chi connectivity index (χ0) is 13.1. The molecule has 0 aliphatic heterocycles. The van der Waals surface area contributed by atoms with Crippen LogP contribution in [0.5, 0.6) is 0 Å². The van der Waals surface area contributed by atoms with Gasteiger partial charge in [0, 0.05) is 22.0 Å². The molecule has 1 heterocycles. The van der Waals surface area contributed by atoms with E-state index in [0.29, 0.717) is 0 Å². The molecule has 0 atom stereocenters. The number of nitrogens with zero attached hydrogens (tertiary/aromatic N) is 2. The van der Waals surface area contributed by atoms with Gasteiger partial charge in [0.2, 0.25) is 0 Å². The van der Waals surface area contributed by atoms with E-state index in [9.17, 15) is 0 Å². The normalized spacial score (nSPS) is 10.6. The molecule has 0 radical (unpaired) electrons. The summed E-state index contributed by atoms with van der Waals surface area (Å²) >= 11 is 1.57. The Morgan fingerprint density at radius 1 is 1.06 bits per heavy atom. The zero-order valence-corrected chi connectivity index (χ0v) is 11.7. The van der Waals surface area contributed by atoms with Crippen molar-refractivity contribution in [1.82, 2.24) is 9.97 Å². The second-order valence-electron chi connectivity index (χ2n) is 4.18. The number of rotatable bonds is 3. The molecule has 0 fully saturated rings. The van der Waals surface area contributed by atoms with E-state index in [0.717, 1.165) is 33.5 Å². The van der Waals surface area contributed by atoms with Gasteiger partial charge in [0.25, 0.3) is 0 Å². The number of hydrogen-bond acceptors (Lipinski definition) is 4. The summed E-state index contributed by atoms with van der Waals surface area (Å²) in [6, 6.07) is 7.76. The van der Waals surface area contributed by atoms with Crippen LogP contribution >= 0.6 is 11.8 Å². The minimum atomic E-state index is 0.772. The first-order valence-corrected chi connectivity index (χ1v) is 6.79. The van der Waals surface area contributed by atoms with E-state index in [1.54, 1.807) is 11.8 Å². The molecule has 1 aromatic carbocycles. The minimum absolute atomic E-state index is 0.772. The van der Waals surface area contributed by atoms with Crippen molar-refractivity contribution in [2.75, 3.05) is 5.73 Å². The van der Waals surface area contributed by atoms with Crippen molar-refractivity contribution in [3.8, 4) is 0 Å². The van der Waals surface area contributed by atoms with E-state index >= 15 is 0 Å². The van der Waals surface area contributed by atoms with Crippen molar-refractivity contribution in [3.05, 3.63) is 41.2 Å². The van der Waals surface area contributed by atoms with Crippen LogP contribution in [-0.2, 0) is 6.42 Å². The van der Waals surface area contributed by atoms with Crippen molar-refractivity contribution >= 4 is 17.4 Å². The van der Waals surface area contributed by atoms with Crippen molar-refractivity contribution in [3.63, 3.8) is 0 Å². The molecule has 0 spiro atoms. The summed E-state index contributed by atoms with van der Waals surface area (Å²) in [5, 5.41) is 0.798. The number of anilines is 1. The molecule has 2 rings (SSSR count). The highest BCUT2D eigenvalue weighted by molar-refractivity contribution is 7.99. The van der Waals surface area contributed by atoms with Gasteiger partial charge in [-0.15, -0.1) is 0 Å². The lowest BCUT2D eigenvalue weighted by molar-refractivity contribution is 0.856. The monoisotopic (exact) mass is 259 g/mol. The Hall–Kier alpha value is -1.55.